The minimum atomic E-state index is -3.66. The Morgan fingerprint density at radius 1 is 0.871 bits per heavy atom. The molecule has 8 nitrogen and oxygen atoms in total. The van der Waals surface area contributed by atoms with Crippen LogP contribution in [0.3, 0.4) is 0 Å². The van der Waals surface area contributed by atoms with Crippen molar-refractivity contribution in [2.45, 2.75) is 47.9 Å². The molecule has 0 atom stereocenters. The van der Waals surface area contributed by atoms with E-state index < -0.39 is 26.0 Å². The van der Waals surface area contributed by atoms with Crippen molar-refractivity contribution >= 4 is 31.6 Å². The molecule has 1 amide bonds. The van der Waals surface area contributed by atoms with Gasteiger partial charge in [0.05, 0.1) is 9.79 Å². The first-order chi connectivity index (χ1) is 14.8. The molecule has 1 saturated heterocycles. The molecule has 0 aromatic heterocycles. The van der Waals surface area contributed by atoms with Crippen molar-refractivity contribution in [2.75, 3.05) is 18.4 Å². The van der Waals surface area contributed by atoms with Gasteiger partial charge in [0.25, 0.3) is 5.91 Å². The number of carbonyl (C=O) groups is 1. The molecule has 0 unspecified atom stereocenters. The van der Waals surface area contributed by atoms with Crippen molar-refractivity contribution in [2.24, 2.45) is 0 Å². The summed E-state index contributed by atoms with van der Waals surface area (Å²) < 4.78 is 54.6. The van der Waals surface area contributed by atoms with Gasteiger partial charge >= 0.3 is 0 Å². The van der Waals surface area contributed by atoms with Crippen LogP contribution >= 0.6 is 0 Å². The Labute approximate surface area is 182 Å². The van der Waals surface area contributed by atoms with Crippen LogP contribution in [-0.4, -0.2) is 46.2 Å². The van der Waals surface area contributed by atoms with Crippen molar-refractivity contribution < 1.29 is 21.6 Å². The fourth-order valence-electron chi connectivity index (χ4n) is 3.49. The van der Waals surface area contributed by atoms with E-state index in [2.05, 4.69) is 10.0 Å². The standard InChI is InChI=1S/C21H25N3O5S2/c25-21(22-18-7-5-8-19(15-18)30(26,27)23-17-10-11-17)16-6-4-9-20(14-16)31(28,29)24-12-2-1-3-13-24/h4-9,14-15,17,23H,1-3,10-13H2,(H,22,25). The molecule has 10 heteroatoms. The lowest BCUT2D eigenvalue weighted by Gasteiger charge is -2.26. The normalized spacial score (nSPS) is 17.9. The Bertz CT molecular complexity index is 1190. The first-order valence-electron chi connectivity index (χ1n) is 10.3. The number of hydrogen-bond donors (Lipinski definition) is 2. The number of anilines is 1. The molecule has 1 aliphatic carbocycles. The first-order valence-corrected chi connectivity index (χ1v) is 13.2. The number of piperidine rings is 1. The maximum absolute atomic E-state index is 12.9. The monoisotopic (exact) mass is 463 g/mol. The minimum absolute atomic E-state index is 0.0205. The molecule has 2 aromatic rings. The van der Waals surface area contributed by atoms with Crippen LogP contribution in [0.1, 0.15) is 42.5 Å². The van der Waals surface area contributed by atoms with Crippen LogP contribution in [0.5, 0.6) is 0 Å². The van der Waals surface area contributed by atoms with Gasteiger partial charge in [-0.2, -0.15) is 4.31 Å². The Kier molecular flexibility index (Phi) is 6.16. The van der Waals surface area contributed by atoms with Crippen LogP contribution < -0.4 is 10.0 Å². The number of carbonyl (C=O) groups excluding carboxylic acids is 1. The van der Waals surface area contributed by atoms with Gasteiger partial charge in [0.1, 0.15) is 0 Å². The Morgan fingerprint density at radius 2 is 1.55 bits per heavy atom. The van der Waals surface area contributed by atoms with Gasteiger partial charge in [0.15, 0.2) is 0 Å². The zero-order chi connectivity index (χ0) is 22.1. The summed E-state index contributed by atoms with van der Waals surface area (Å²) in [7, 11) is -7.30. The van der Waals surface area contributed by atoms with Crippen LogP contribution in [0, 0.1) is 0 Å². The number of nitrogens with zero attached hydrogens (tertiary/aromatic N) is 1. The highest BCUT2D eigenvalue weighted by molar-refractivity contribution is 7.89. The van der Waals surface area contributed by atoms with Crippen LogP contribution in [0.15, 0.2) is 58.3 Å². The lowest BCUT2D eigenvalue weighted by molar-refractivity contribution is 0.102. The molecule has 1 saturated carbocycles. The number of nitrogens with one attached hydrogen (secondary N) is 2. The number of benzene rings is 2. The second-order valence-electron chi connectivity index (χ2n) is 7.87. The van der Waals surface area contributed by atoms with Crippen molar-refractivity contribution in [3.05, 3.63) is 54.1 Å². The highest BCUT2D eigenvalue weighted by Gasteiger charge is 2.28. The molecule has 0 radical (unpaired) electrons. The second kappa shape index (κ2) is 8.70. The van der Waals surface area contributed by atoms with Gasteiger partial charge in [-0.15, -0.1) is 0 Å². The number of rotatable bonds is 7. The molecule has 4 rings (SSSR count). The largest absolute Gasteiger partial charge is 0.322 e. The molecule has 0 spiro atoms. The van der Waals surface area contributed by atoms with E-state index >= 15 is 0 Å². The molecule has 1 heterocycles. The average molecular weight is 464 g/mol. The summed E-state index contributed by atoms with van der Waals surface area (Å²) in [4.78, 5) is 12.9. The fraction of sp³-hybridized carbons (Fsp3) is 0.381. The van der Waals surface area contributed by atoms with Gasteiger partial charge in [-0.1, -0.05) is 18.6 Å². The van der Waals surface area contributed by atoms with Crippen LogP contribution in [-0.2, 0) is 20.0 Å². The van der Waals surface area contributed by atoms with Gasteiger partial charge in [-0.05, 0) is 62.1 Å². The van der Waals surface area contributed by atoms with Crippen LogP contribution in [0.2, 0.25) is 0 Å². The molecule has 166 valence electrons. The molecule has 2 N–H and O–H groups in total. The zero-order valence-electron chi connectivity index (χ0n) is 17.0. The zero-order valence-corrected chi connectivity index (χ0v) is 18.6. The predicted molar refractivity (Wildman–Crippen MR) is 117 cm³/mol. The van der Waals surface area contributed by atoms with E-state index in [0.717, 1.165) is 32.1 Å². The van der Waals surface area contributed by atoms with E-state index in [1.54, 1.807) is 12.1 Å². The van der Waals surface area contributed by atoms with E-state index in [9.17, 15) is 21.6 Å². The third-order valence-corrected chi connectivity index (χ3v) is 8.76. The SMILES string of the molecule is O=C(Nc1cccc(S(=O)(=O)NC2CC2)c1)c1cccc(S(=O)(=O)N2CCCCC2)c1. The van der Waals surface area contributed by atoms with Gasteiger partial charge in [-0.3, -0.25) is 4.79 Å². The molecule has 2 aromatic carbocycles. The second-order valence-corrected chi connectivity index (χ2v) is 11.5. The molecule has 2 fully saturated rings. The van der Waals surface area contributed by atoms with Gasteiger partial charge in [0, 0.05) is 30.4 Å². The lowest BCUT2D eigenvalue weighted by atomic mass is 10.2. The number of hydrogen-bond acceptors (Lipinski definition) is 5. The highest BCUT2D eigenvalue weighted by Crippen LogP contribution is 2.24. The number of amides is 1. The molecular formula is C21H25N3O5S2. The quantitative estimate of drug-likeness (QED) is 0.655. The smallest absolute Gasteiger partial charge is 0.255 e. The highest BCUT2D eigenvalue weighted by atomic mass is 32.2. The Hall–Kier alpha value is -2.27. The van der Waals surface area contributed by atoms with E-state index in [-0.39, 0.29) is 21.4 Å². The Morgan fingerprint density at radius 3 is 2.26 bits per heavy atom. The summed E-state index contributed by atoms with van der Waals surface area (Å²) in [6, 6.07) is 11.9. The van der Waals surface area contributed by atoms with Gasteiger partial charge < -0.3 is 5.32 Å². The molecule has 1 aliphatic heterocycles. The van der Waals surface area contributed by atoms with Crippen LogP contribution in [0.4, 0.5) is 5.69 Å². The minimum Gasteiger partial charge on any atom is -0.322 e. The maximum atomic E-state index is 12.9. The molecule has 2 aliphatic rings. The van der Waals surface area contributed by atoms with Gasteiger partial charge in [-0.25, -0.2) is 21.6 Å². The van der Waals surface area contributed by atoms with E-state index in [1.165, 1.54) is 40.7 Å². The van der Waals surface area contributed by atoms with Crippen molar-refractivity contribution in [1.29, 1.82) is 0 Å². The predicted octanol–water partition coefficient (Wildman–Crippen LogP) is 2.55. The van der Waals surface area contributed by atoms with Gasteiger partial charge in [0.2, 0.25) is 20.0 Å². The maximum Gasteiger partial charge on any atom is 0.255 e. The topological polar surface area (TPSA) is 113 Å². The third-order valence-electron chi connectivity index (χ3n) is 5.35. The summed E-state index contributed by atoms with van der Waals surface area (Å²) in [6.07, 6.45) is 4.32. The Balaban J connectivity index is 1.52. The van der Waals surface area contributed by atoms with Crippen molar-refractivity contribution in [1.82, 2.24) is 9.03 Å². The number of sulfonamides is 2. The summed E-state index contributed by atoms with van der Waals surface area (Å²) in [5.74, 6) is -0.514. The van der Waals surface area contributed by atoms with E-state index in [0.29, 0.717) is 18.8 Å². The summed E-state index contributed by atoms with van der Waals surface area (Å²) in [6.45, 7) is 0.962. The third kappa shape index (κ3) is 5.15. The summed E-state index contributed by atoms with van der Waals surface area (Å²) in [5.41, 5.74) is 0.496. The molecule has 31 heavy (non-hydrogen) atoms. The summed E-state index contributed by atoms with van der Waals surface area (Å²) >= 11 is 0. The summed E-state index contributed by atoms with van der Waals surface area (Å²) in [5, 5.41) is 2.66. The van der Waals surface area contributed by atoms with E-state index in [1.807, 2.05) is 0 Å². The molecular weight excluding hydrogens is 438 g/mol. The fourth-order valence-corrected chi connectivity index (χ4v) is 6.40. The first kappa shape index (κ1) is 21.9. The molecule has 0 bridgehead atoms. The van der Waals surface area contributed by atoms with E-state index in [4.69, 9.17) is 0 Å². The lowest BCUT2D eigenvalue weighted by Crippen LogP contribution is -2.35. The van der Waals surface area contributed by atoms with Crippen LogP contribution in [0.25, 0.3) is 0 Å². The van der Waals surface area contributed by atoms with Crippen molar-refractivity contribution in [3.63, 3.8) is 0 Å². The van der Waals surface area contributed by atoms with Crippen molar-refractivity contribution in [3.8, 4) is 0 Å². The average Bonchev–Trinajstić information content (AvgIpc) is 3.58.